The predicted molar refractivity (Wildman–Crippen MR) is 85.1 cm³/mol. The lowest BCUT2D eigenvalue weighted by Crippen LogP contribution is -2.50. The molecule has 1 aromatic rings. The number of rotatable bonds is 4. The Morgan fingerprint density at radius 1 is 1.38 bits per heavy atom. The highest BCUT2D eigenvalue weighted by Gasteiger charge is 2.35. The van der Waals surface area contributed by atoms with Crippen LogP contribution >= 0.6 is 0 Å². The second-order valence-electron chi connectivity index (χ2n) is 6.63. The van der Waals surface area contributed by atoms with Gasteiger partial charge in [0.25, 0.3) is 0 Å². The Labute approximate surface area is 128 Å². The van der Waals surface area contributed by atoms with Crippen molar-refractivity contribution < 1.29 is 9.90 Å². The molecular weight excluding hydrogens is 262 g/mol. The number of piperidine rings is 1. The van der Waals surface area contributed by atoms with Crippen LogP contribution in [0.25, 0.3) is 0 Å². The summed E-state index contributed by atoms with van der Waals surface area (Å²) < 4.78 is 0. The third-order valence-electron chi connectivity index (χ3n) is 4.62. The molecule has 1 amide bonds. The van der Waals surface area contributed by atoms with E-state index in [-0.39, 0.29) is 11.8 Å². The van der Waals surface area contributed by atoms with Gasteiger partial charge in [-0.1, -0.05) is 50.6 Å². The second kappa shape index (κ2) is 6.61. The Morgan fingerprint density at radius 2 is 2.05 bits per heavy atom. The van der Waals surface area contributed by atoms with Gasteiger partial charge < -0.3 is 10.0 Å². The van der Waals surface area contributed by atoms with Crippen molar-refractivity contribution in [3.63, 3.8) is 0 Å². The molecular formula is C18H27NO2. The molecule has 3 nitrogen and oxygen atoms in total. The van der Waals surface area contributed by atoms with Crippen molar-refractivity contribution in [2.24, 2.45) is 5.92 Å². The first-order valence-electron chi connectivity index (χ1n) is 8.00. The molecule has 3 unspecified atom stereocenters. The third kappa shape index (κ3) is 3.85. The molecule has 0 spiro atoms. The Morgan fingerprint density at radius 3 is 2.62 bits per heavy atom. The Hall–Kier alpha value is -1.35. The van der Waals surface area contributed by atoms with Crippen molar-refractivity contribution in [1.29, 1.82) is 0 Å². The number of hydrogen-bond donors (Lipinski definition) is 1. The van der Waals surface area contributed by atoms with Crippen molar-refractivity contribution in [2.45, 2.75) is 51.6 Å². The van der Waals surface area contributed by atoms with Crippen molar-refractivity contribution in [3.8, 4) is 0 Å². The van der Waals surface area contributed by atoms with Crippen LogP contribution in [0.15, 0.2) is 30.3 Å². The van der Waals surface area contributed by atoms with Crippen molar-refractivity contribution in [3.05, 3.63) is 35.9 Å². The van der Waals surface area contributed by atoms with Crippen LogP contribution in [0.3, 0.4) is 0 Å². The van der Waals surface area contributed by atoms with Gasteiger partial charge in [-0.2, -0.15) is 0 Å². The molecule has 3 atom stereocenters. The summed E-state index contributed by atoms with van der Waals surface area (Å²) in [5, 5.41) is 10.2. The summed E-state index contributed by atoms with van der Waals surface area (Å²) in [6.07, 6.45) is 2.62. The van der Waals surface area contributed by atoms with Crippen LogP contribution in [0, 0.1) is 5.92 Å². The normalized spacial score (nSPS) is 25.4. The first kappa shape index (κ1) is 16.0. The molecule has 1 heterocycles. The van der Waals surface area contributed by atoms with Gasteiger partial charge >= 0.3 is 0 Å². The molecule has 116 valence electrons. The molecule has 1 aromatic carbocycles. The Kier molecular flexibility index (Phi) is 5.04. The zero-order valence-electron chi connectivity index (χ0n) is 13.4. The van der Waals surface area contributed by atoms with Crippen molar-refractivity contribution >= 4 is 5.91 Å². The fourth-order valence-electron chi connectivity index (χ4n) is 3.22. The summed E-state index contributed by atoms with van der Waals surface area (Å²) in [4.78, 5) is 14.9. The van der Waals surface area contributed by atoms with E-state index in [1.807, 2.05) is 42.2 Å². The lowest BCUT2D eigenvalue weighted by molar-refractivity contribution is -0.140. The smallest absolute Gasteiger partial charge is 0.230 e. The molecule has 2 rings (SSSR count). The van der Waals surface area contributed by atoms with Crippen LogP contribution < -0.4 is 0 Å². The molecule has 0 bridgehead atoms. The van der Waals surface area contributed by atoms with Gasteiger partial charge in [0, 0.05) is 13.1 Å². The summed E-state index contributed by atoms with van der Waals surface area (Å²) in [6, 6.07) is 10.0. The number of nitrogens with zero attached hydrogens (tertiary/aromatic N) is 1. The quantitative estimate of drug-likeness (QED) is 0.924. The molecule has 0 aliphatic carbocycles. The number of likely N-dealkylation sites (tertiary alicyclic amines) is 1. The molecule has 1 N–H and O–H groups in total. The molecule has 0 aromatic heterocycles. The van der Waals surface area contributed by atoms with Gasteiger partial charge in [0.15, 0.2) is 0 Å². The topological polar surface area (TPSA) is 40.5 Å². The maximum absolute atomic E-state index is 13.0. The first-order valence-corrected chi connectivity index (χ1v) is 8.00. The highest BCUT2D eigenvalue weighted by Crippen LogP contribution is 2.31. The second-order valence-corrected chi connectivity index (χ2v) is 6.63. The fraction of sp³-hybridized carbons (Fsp3) is 0.611. The molecule has 1 fully saturated rings. The monoisotopic (exact) mass is 289 g/mol. The maximum atomic E-state index is 13.0. The van der Waals surface area contributed by atoms with Crippen LogP contribution in [0.5, 0.6) is 0 Å². The average Bonchev–Trinajstić information content (AvgIpc) is 2.47. The highest BCUT2D eigenvalue weighted by molar-refractivity contribution is 5.84. The van der Waals surface area contributed by atoms with E-state index in [9.17, 15) is 9.90 Å². The van der Waals surface area contributed by atoms with E-state index in [1.54, 1.807) is 0 Å². The van der Waals surface area contributed by atoms with Crippen LogP contribution in [0.4, 0.5) is 0 Å². The largest absolute Gasteiger partial charge is 0.388 e. The van der Waals surface area contributed by atoms with Crippen LogP contribution in [0.2, 0.25) is 0 Å². The molecule has 21 heavy (non-hydrogen) atoms. The number of aliphatic hydroxyl groups is 1. The summed E-state index contributed by atoms with van der Waals surface area (Å²) in [7, 11) is 0. The van der Waals surface area contributed by atoms with Gasteiger partial charge in [0.1, 0.15) is 0 Å². The van der Waals surface area contributed by atoms with E-state index in [0.717, 1.165) is 31.4 Å². The zero-order chi connectivity index (χ0) is 15.5. The minimum Gasteiger partial charge on any atom is -0.388 e. The van der Waals surface area contributed by atoms with E-state index in [4.69, 9.17) is 0 Å². The number of amides is 1. The zero-order valence-corrected chi connectivity index (χ0v) is 13.4. The summed E-state index contributed by atoms with van der Waals surface area (Å²) in [5.41, 5.74) is 0.340. The van der Waals surface area contributed by atoms with Gasteiger partial charge in [-0.3, -0.25) is 4.79 Å². The number of carbonyl (C=O) groups is 1. The van der Waals surface area contributed by atoms with Crippen LogP contribution in [0.1, 0.15) is 51.5 Å². The first-order chi connectivity index (χ1) is 9.94. The molecule has 1 saturated heterocycles. The molecule has 0 radical (unpaired) electrons. The average molecular weight is 289 g/mol. The lowest BCUT2D eigenvalue weighted by atomic mass is 9.83. The van der Waals surface area contributed by atoms with E-state index < -0.39 is 5.60 Å². The van der Waals surface area contributed by atoms with Crippen molar-refractivity contribution in [1.82, 2.24) is 4.90 Å². The molecule has 3 heteroatoms. The van der Waals surface area contributed by atoms with Gasteiger partial charge in [0.05, 0.1) is 11.5 Å². The molecule has 1 aliphatic heterocycles. The molecule has 1 aliphatic rings. The van der Waals surface area contributed by atoms with Gasteiger partial charge in [-0.15, -0.1) is 0 Å². The maximum Gasteiger partial charge on any atom is 0.230 e. The summed E-state index contributed by atoms with van der Waals surface area (Å²) >= 11 is 0. The van der Waals surface area contributed by atoms with E-state index in [0.29, 0.717) is 12.5 Å². The third-order valence-corrected chi connectivity index (χ3v) is 4.62. The number of β-amino-alcohol motifs (C(OH)–C–C–N with tert-alkyl or cyclic N) is 1. The van der Waals surface area contributed by atoms with Crippen LogP contribution in [-0.4, -0.2) is 34.6 Å². The SMILES string of the molecule is CCC(C)C(C(=O)N1CCCC(C)(O)C1)c1ccccc1. The van der Waals surface area contributed by atoms with Crippen LogP contribution in [-0.2, 0) is 4.79 Å². The predicted octanol–water partition coefficient (Wildman–Crippen LogP) is 3.19. The fourth-order valence-corrected chi connectivity index (χ4v) is 3.22. The Balaban J connectivity index is 2.23. The van der Waals surface area contributed by atoms with Gasteiger partial charge in [-0.05, 0) is 31.2 Å². The summed E-state index contributed by atoms with van der Waals surface area (Å²) in [6.45, 7) is 7.30. The minimum atomic E-state index is -0.745. The minimum absolute atomic E-state index is 0.106. The van der Waals surface area contributed by atoms with Crippen molar-refractivity contribution in [2.75, 3.05) is 13.1 Å². The highest BCUT2D eigenvalue weighted by atomic mass is 16.3. The van der Waals surface area contributed by atoms with E-state index in [1.165, 1.54) is 0 Å². The number of benzene rings is 1. The lowest BCUT2D eigenvalue weighted by Gasteiger charge is -2.39. The van der Waals surface area contributed by atoms with E-state index in [2.05, 4.69) is 13.8 Å². The number of carbonyl (C=O) groups excluding carboxylic acids is 1. The van der Waals surface area contributed by atoms with Gasteiger partial charge in [-0.25, -0.2) is 0 Å². The standard InChI is InChI=1S/C18H27NO2/c1-4-14(2)16(15-9-6-5-7-10-15)17(20)19-12-8-11-18(3,21)13-19/h5-7,9-10,14,16,21H,4,8,11-13H2,1-3H3. The summed E-state index contributed by atoms with van der Waals surface area (Å²) in [5.74, 6) is 0.354. The van der Waals surface area contributed by atoms with Gasteiger partial charge in [0.2, 0.25) is 5.91 Å². The van der Waals surface area contributed by atoms with E-state index >= 15 is 0 Å². The number of hydrogen-bond acceptors (Lipinski definition) is 2. The Bertz CT molecular complexity index is 469. The molecule has 0 saturated carbocycles.